The number of halogens is 1. The van der Waals surface area contributed by atoms with Gasteiger partial charge in [-0.3, -0.25) is 9.69 Å². The van der Waals surface area contributed by atoms with E-state index in [4.69, 9.17) is 0 Å². The van der Waals surface area contributed by atoms with Gasteiger partial charge in [0.1, 0.15) is 11.6 Å². The van der Waals surface area contributed by atoms with Crippen LogP contribution in [0.1, 0.15) is 41.8 Å². The van der Waals surface area contributed by atoms with Crippen molar-refractivity contribution in [2.45, 2.75) is 39.8 Å². The first-order valence-corrected chi connectivity index (χ1v) is 9.92. The van der Waals surface area contributed by atoms with E-state index in [0.29, 0.717) is 24.6 Å². The number of benzene rings is 2. The molecule has 0 bridgehead atoms. The summed E-state index contributed by atoms with van der Waals surface area (Å²) in [6, 6.07) is 12.0. The first kappa shape index (κ1) is 20.3. The first-order chi connectivity index (χ1) is 13.3. The van der Waals surface area contributed by atoms with E-state index in [1.807, 2.05) is 30.0 Å². The number of carbonyl (C=O) groups excluding carboxylic acids is 1. The van der Waals surface area contributed by atoms with Gasteiger partial charge in [-0.25, -0.2) is 4.39 Å². The summed E-state index contributed by atoms with van der Waals surface area (Å²) < 4.78 is 13.2. The zero-order valence-electron chi connectivity index (χ0n) is 16.9. The van der Waals surface area contributed by atoms with E-state index in [1.54, 1.807) is 12.1 Å². The zero-order valence-corrected chi connectivity index (χ0v) is 16.9. The summed E-state index contributed by atoms with van der Waals surface area (Å²) in [5.41, 5.74) is 2.36. The maximum atomic E-state index is 13.2. The second kappa shape index (κ2) is 8.74. The minimum absolute atomic E-state index is 0.0403. The van der Waals surface area contributed by atoms with Gasteiger partial charge in [-0.15, -0.1) is 0 Å². The topological polar surface area (TPSA) is 43.8 Å². The van der Waals surface area contributed by atoms with Gasteiger partial charge in [-0.05, 0) is 54.7 Å². The van der Waals surface area contributed by atoms with Crippen LogP contribution < -0.4 is 0 Å². The lowest BCUT2D eigenvalue weighted by atomic mass is 10.0. The Morgan fingerprint density at radius 1 is 1.18 bits per heavy atom. The molecule has 1 N–H and O–H groups in total. The van der Waals surface area contributed by atoms with Gasteiger partial charge >= 0.3 is 0 Å². The van der Waals surface area contributed by atoms with Crippen LogP contribution in [0.2, 0.25) is 0 Å². The Kier molecular flexibility index (Phi) is 6.35. The highest BCUT2D eigenvalue weighted by atomic mass is 19.1. The molecule has 1 fully saturated rings. The van der Waals surface area contributed by atoms with Crippen LogP contribution in [0.5, 0.6) is 5.75 Å². The molecular weight excluding hydrogens is 355 g/mol. The van der Waals surface area contributed by atoms with Crippen molar-refractivity contribution in [3.8, 4) is 5.75 Å². The number of rotatable bonds is 4. The molecule has 0 aromatic heterocycles. The summed E-state index contributed by atoms with van der Waals surface area (Å²) in [4.78, 5) is 17.3. The van der Waals surface area contributed by atoms with E-state index in [1.165, 1.54) is 12.1 Å². The molecule has 2 aromatic rings. The molecule has 3 rings (SSSR count). The van der Waals surface area contributed by atoms with Crippen molar-refractivity contribution in [2.24, 2.45) is 5.92 Å². The fourth-order valence-electron chi connectivity index (χ4n) is 3.89. The summed E-state index contributed by atoms with van der Waals surface area (Å²) in [5, 5.41) is 10.2. The Morgan fingerprint density at radius 2 is 1.89 bits per heavy atom. The second-order valence-corrected chi connectivity index (χ2v) is 8.03. The first-order valence-electron chi connectivity index (χ1n) is 9.92. The average Bonchev–Trinajstić information content (AvgIpc) is 2.86. The smallest absolute Gasteiger partial charge is 0.257 e. The summed E-state index contributed by atoms with van der Waals surface area (Å²) in [5.74, 6) is 0.0560. The van der Waals surface area contributed by atoms with E-state index in [-0.39, 0.29) is 23.5 Å². The van der Waals surface area contributed by atoms with Gasteiger partial charge in [0.2, 0.25) is 0 Å². The largest absolute Gasteiger partial charge is 0.507 e. The van der Waals surface area contributed by atoms with Crippen molar-refractivity contribution in [3.63, 3.8) is 0 Å². The van der Waals surface area contributed by atoms with Crippen LogP contribution in [0.15, 0.2) is 42.5 Å². The molecular formula is C23H29FN2O2. The third-order valence-electron chi connectivity index (χ3n) is 5.49. The SMILES string of the molecule is Cc1ccc(C(=O)N2CCCN(Cc3ccc(F)cc3)C(C(C)C)C2)c(O)c1. The highest BCUT2D eigenvalue weighted by Gasteiger charge is 2.30. The number of carbonyl (C=O) groups is 1. The van der Waals surface area contributed by atoms with E-state index < -0.39 is 0 Å². The molecule has 4 nitrogen and oxygen atoms in total. The Balaban J connectivity index is 1.78. The van der Waals surface area contributed by atoms with Crippen molar-refractivity contribution in [1.29, 1.82) is 0 Å². The number of hydrogen-bond donors (Lipinski definition) is 1. The summed E-state index contributed by atoms with van der Waals surface area (Å²) >= 11 is 0. The molecule has 0 spiro atoms. The summed E-state index contributed by atoms with van der Waals surface area (Å²) in [6.45, 7) is 9.12. The molecule has 1 aliphatic heterocycles. The van der Waals surface area contributed by atoms with Crippen LogP contribution in [0.25, 0.3) is 0 Å². The highest BCUT2D eigenvalue weighted by Crippen LogP contribution is 2.24. The molecule has 0 radical (unpaired) electrons. The van der Waals surface area contributed by atoms with Gasteiger partial charge in [0.25, 0.3) is 5.91 Å². The van der Waals surface area contributed by atoms with Crippen molar-refractivity contribution < 1.29 is 14.3 Å². The number of nitrogens with zero attached hydrogens (tertiary/aromatic N) is 2. The van der Waals surface area contributed by atoms with Crippen LogP contribution in [-0.4, -0.2) is 46.5 Å². The maximum Gasteiger partial charge on any atom is 0.257 e. The number of hydrogen-bond acceptors (Lipinski definition) is 3. The van der Waals surface area contributed by atoms with Gasteiger partial charge < -0.3 is 10.0 Å². The lowest BCUT2D eigenvalue weighted by Gasteiger charge is -2.34. The molecule has 1 heterocycles. The molecule has 1 aliphatic rings. The Bertz CT molecular complexity index is 820. The van der Waals surface area contributed by atoms with Crippen LogP contribution in [0.3, 0.4) is 0 Å². The highest BCUT2D eigenvalue weighted by molar-refractivity contribution is 5.97. The zero-order chi connectivity index (χ0) is 20.3. The van der Waals surface area contributed by atoms with E-state index in [0.717, 1.165) is 30.6 Å². The normalized spacial score (nSPS) is 18.3. The predicted octanol–water partition coefficient (Wildman–Crippen LogP) is 4.21. The van der Waals surface area contributed by atoms with E-state index in [2.05, 4.69) is 18.7 Å². The lowest BCUT2D eigenvalue weighted by Crippen LogP contribution is -2.45. The van der Waals surface area contributed by atoms with E-state index >= 15 is 0 Å². The minimum atomic E-state index is -0.227. The number of amides is 1. The fourth-order valence-corrected chi connectivity index (χ4v) is 3.89. The minimum Gasteiger partial charge on any atom is -0.507 e. The Labute approximate surface area is 166 Å². The molecule has 5 heteroatoms. The van der Waals surface area contributed by atoms with Crippen LogP contribution in [0.4, 0.5) is 4.39 Å². The fraction of sp³-hybridized carbons (Fsp3) is 0.435. The predicted molar refractivity (Wildman–Crippen MR) is 109 cm³/mol. The summed E-state index contributed by atoms with van der Waals surface area (Å²) in [6.07, 6.45) is 0.864. The molecule has 1 amide bonds. The van der Waals surface area contributed by atoms with Crippen molar-refractivity contribution in [3.05, 3.63) is 65.0 Å². The van der Waals surface area contributed by atoms with Gasteiger partial charge in [0.15, 0.2) is 0 Å². The van der Waals surface area contributed by atoms with Crippen LogP contribution in [0, 0.1) is 18.7 Å². The third kappa shape index (κ3) is 4.71. The molecule has 1 saturated heterocycles. The molecule has 2 aromatic carbocycles. The van der Waals surface area contributed by atoms with Gasteiger partial charge in [-0.2, -0.15) is 0 Å². The Morgan fingerprint density at radius 3 is 2.54 bits per heavy atom. The molecule has 0 saturated carbocycles. The quantitative estimate of drug-likeness (QED) is 0.859. The number of phenolic OH excluding ortho intramolecular Hbond substituents is 1. The monoisotopic (exact) mass is 384 g/mol. The molecule has 150 valence electrons. The standard InChI is InChI=1S/C23H29FN2O2/c1-16(2)21-15-26(23(28)20-10-5-17(3)13-22(20)27)12-4-11-25(21)14-18-6-8-19(24)9-7-18/h5-10,13,16,21,27H,4,11-12,14-15H2,1-3H3. The van der Waals surface area contributed by atoms with Crippen molar-refractivity contribution in [1.82, 2.24) is 9.80 Å². The second-order valence-electron chi connectivity index (χ2n) is 8.03. The lowest BCUT2D eigenvalue weighted by molar-refractivity contribution is 0.0699. The molecule has 1 unspecified atom stereocenters. The van der Waals surface area contributed by atoms with Gasteiger partial charge in [-0.1, -0.05) is 32.0 Å². The maximum absolute atomic E-state index is 13.2. The van der Waals surface area contributed by atoms with Crippen molar-refractivity contribution in [2.75, 3.05) is 19.6 Å². The van der Waals surface area contributed by atoms with Crippen LogP contribution >= 0.6 is 0 Å². The molecule has 0 aliphatic carbocycles. The van der Waals surface area contributed by atoms with Crippen LogP contribution in [-0.2, 0) is 6.54 Å². The molecule has 28 heavy (non-hydrogen) atoms. The number of aryl methyl sites for hydroxylation is 1. The summed E-state index contributed by atoms with van der Waals surface area (Å²) in [7, 11) is 0. The third-order valence-corrected chi connectivity index (χ3v) is 5.49. The van der Waals surface area contributed by atoms with E-state index in [9.17, 15) is 14.3 Å². The number of aromatic hydroxyl groups is 1. The van der Waals surface area contributed by atoms with Crippen molar-refractivity contribution >= 4 is 5.91 Å². The average molecular weight is 384 g/mol. The molecule has 1 atom stereocenters. The van der Waals surface area contributed by atoms with Gasteiger partial charge in [0, 0.05) is 32.2 Å². The Hall–Kier alpha value is -2.40. The van der Waals surface area contributed by atoms with Gasteiger partial charge in [0.05, 0.1) is 5.56 Å². The number of phenols is 1.